The van der Waals surface area contributed by atoms with E-state index in [1.54, 1.807) is 0 Å². The van der Waals surface area contributed by atoms with E-state index in [-0.39, 0.29) is 0 Å². The van der Waals surface area contributed by atoms with E-state index >= 15 is 0 Å². The summed E-state index contributed by atoms with van der Waals surface area (Å²) in [6.45, 7) is 3.97. The Kier molecular flexibility index (Phi) is 2.57. The lowest BCUT2D eigenvalue weighted by atomic mass is 10.1. The van der Waals surface area contributed by atoms with Crippen LogP contribution in [0, 0.1) is 6.92 Å². The normalized spacial score (nSPS) is 14.4. The first-order valence-corrected chi connectivity index (χ1v) is 6.97. The Morgan fingerprint density at radius 3 is 2.95 bits per heavy atom. The van der Waals surface area contributed by atoms with Gasteiger partial charge in [0.15, 0.2) is 5.65 Å². The molecule has 4 heteroatoms. The van der Waals surface area contributed by atoms with Crippen LogP contribution in [-0.2, 0) is 13.0 Å². The van der Waals surface area contributed by atoms with Gasteiger partial charge in [-0.25, -0.2) is 9.50 Å². The fraction of sp³-hybridized carbons (Fsp3) is 0.250. The molecule has 1 N–H and O–H groups in total. The van der Waals surface area contributed by atoms with Crippen molar-refractivity contribution in [1.82, 2.24) is 19.9 Å². The number of rotatable bonds is 1. The number of benzene rings is 1. The Morgan fingerprint density at radius 1 is 1.15 bits per heavy atom. The number of fused-ring (bicyclic) bond motifs is 3. The van der Waals surface area contributed by atoms with Gasteiger partial charge >= 0.3 is 0 Å². The van der Waals surface area contributed by atoms with Crippen LogP contribution in [0.5, 0.6) is 0 Å². The lowest BCUT2D eigenvalue weighted by Crippen LogP contribution is -2.24. The van der Waals surface area contributed by atoms with Gasteiger partial charge in [0.25, 0.3) is 0 Å². The molecule has 0 radical (unpaired) electrons. The molecule has 2 aromatic heterocycles. The average Bonchev–Trinajstić information content (AvgIpc) is 2.85. The van der Waals surface area contributed by atoms with Crippen LogP contribution in [-0.4, -0.2) is 21.1 Å². The summed E-state index contributed by atoms with van der Waals surface area (Å²) >= 11 is 0. The van der Waals surface area contributed by atoms with Gasteiger partial charge in [-0.2, -0.15) is 5.10 Å². The monoisotopic (exact) mass is 264 g/mol. The molecule has 100 valence electrons. The molecule has 3 aromatic rings. The Bertz CT molecular complexity index is 788. The molecule has 0 amide bonds. The van der Waals surface area contributed by atoms with E-state index in [2.05, 4.69) is 53.6 Å². The summed E-state index contributed by atoms with van der Waals surface area (Å²) < 4.78 is 1.99. The van der Waals surface area contributed by atoms with Gasteiger partial charge in [-0.3, -0.25) is 0 Å². The van der Waals surface area contributed by atoms with E-state index in [0.717, 1.165) is 30.9 Å². The molecule has 1 aromatic carbocycles. The van der Waals surface area contributed by atoms with Crippen molar-refractivity contribution in [2.75, 3.05) is 6.54 Å². The molecule has 0 atom stereocenters. The minimum atomic E-state index is 0.848. The van der Waals surface area contributed by atoms with Gasteiger partial charge in [0.1, 0.15) is 0 Å². The summed E-state index contributed by atoms with van der Waals surface area (Å²) in [5.41, 5.74) is 6.74. The second-order valence-corrected chi connectivity index (χ2v) is 5.24. The van der Waals surface area contributed by atoms with Gasteiger partial charge in [-0.1, -0.05) is 24.3 Å². The van der Waals surface area contributed by atoms with Crippen LogP contribution in [0.1, 0.15) is 17.0 Å². The van der Waals surface area contributed by atoms with E-state index in [4.69, 9.17) is 5.10 Å². The molecule has 0 aliphatic carbocycles. The van der Waals surface area contributed by atoms with E-state index in [0.29, 0.717) is 0 Å². The second-order valence-electron chi connectivity index (χ2n) is 5.24. The first kappa shape index (κ1) is 11.6. The number of nitrogens with zero attached hydrogens (tertiary/aromatic N) is 3. The van der Waals surface area contributed by atoms with E-state index in [1.165, 1.54) is 22.5 Å². The van der Waals surface area contributed by atoms with E-state index in [9.17, 15) is 0 Å². The zero-order valence-electron chi connectivity index (χ0n) is 11.4. The van der Waals surface area contributed by atoms with Crippen LogP contribution < -0.4 is 5.32 Å². The Hall–Kier alpha value is -2.20. The number of hydrogen-bond acceptors (Lipinski definition) is 3. The summed E-state index contributed by atoms with van der Waals surface area (Å²) in [5, 5.41) is 8.18. The van der Waals surface area contributed by atoms with Gasteiger partial charge in [-0.05, 0) is 24.6 Å². The van der Waals surface area contributed by atoms with Gasteiger partial charge in [-0.15, -0.1) is 0 Å². The van der Waals surface area contributed by atoms with Crippen molar-refractivity contribution in [3.8, 4) is 11.3 Å². The smallest absolute Gasteiger partial charge is 0.154 e. The first-order chi connectivity index (χ1) is 9.83. The van der Waals surface area contributed by atoms with Crippen molar-refractivity contribution < 1.29 is 0 Å². The fourth-order valence-corrected chi connectivity index (χ4v) is 2.82. The number of aryl methyl sites for hydroxylation is 1. The molecule has 0 unspecified atom stereocenters. The first-order valence-electron chi connectivity index (χ1n) is 6.97. The van der Waals surface area contributed by atoms with Crippen molar-refractivity contribution in [3.05, 3.63) is 53.3 Å². The maximum atomic E-state index is 4.79. The molecule has 20 heavy (non-hydrogen) atoms. The maximum Gasteiger partial charge on any atom is 0.154 e. The molecule has 0 spiro atoms. The number of nitrogens with one attached hydrogen (secondary N) is 1. The summed E-state index contributed by atoms with van der Waals surface area (Å²) in [4.78, 5) is 4.67. The predicted octanol–water partition coefficient (Wildman–Crippen LogP) is 2.35. The van der Waals surface area contributed by atoms with Gasteiger partial charge in [0.2, 0.25) is 0 Å². The molecule has 0 saturated carbocycles. The Balaban J connectivity index is 1.92. The Labute approximate surface area is 117 Å². The average molecular weight is 264 g/mol. The molecule has 0 saturated heterocycles. The molecule has 0 bridgehead atoms. The van der Waals surface area contributed by atoms with Crippen LogP contribution in [0.3, 0.4) is 0 Å². The molecule has 4 nitrogen and oxygen atoms in total. The quantitative estimate of drug-likeness (QED) is 0.733. The molecular weight excluding hydrogens is 248 g/mol. The highest BCUT2D eigenvalue weighted by Crippen LogP contribution is 2.23. The van der Waals surface area contributed by atoms with Crippen molar-refractivity contribution in [3.63, 3.8) is 0 Å². The predicted molar refractivity (Wildman–Crippen MR) is 78.6 cm³/mol. The summed E-state index contributed by atoms with van der Waals surface area (Å²) in [7, 11) is 0. The minimum absolute atomic E-state index is 0.848. The topological polar surface area (TPSA) is 42.2 Å². The minimum Gasteiger partial charge on any atom is -0.311 e. The van der Waals surface area contributed by atoms with Crippen LogP contribution in [0.4, 0.5) is 0 Å². The third-order valence-electron chi connectivity index (χ3n) is 3.91. The Morgan fingerprint density at radius 2 is 2.05 bits per heavy atom. The van der Waals surface area contributed by atoms with Crippen LogP contribution in [0.15, 0.2) is 36.4 Å². The fourth-order valence-electron chi connectivity index (χ4n) is 2.82. The van der Waals surface area contributed by atoms with Crippen LogP contribution >= 0.6 is 0 Å². The summed E-state index contributed by atoms with van der Waals surface area (Å²) in [6, 6.07) is 12.5. The molecule has 4 rings (SSSR count). The highest BCUT2D eigenvalue weighted by atomic mass is 15.3. The summed E-state index contributed by atoms with van der Waals surface area (Å²) in [6.07, 6.45) is 0.985. The number of aromatic nitrogens is 3. The maximum absolute atomic E-state index is 4.79. The third kappa shape index (κ3) is 1.72. The van der Waals surface area contributed by atoms with Gasteiger partial charge < -0.3 is 5.32 Å². The van der Waals surface area contributed by atoms with E-state index in [1.807, 2.05) is 4.52 Å². The van der Waals surface area contributed by atoms with Crippen molar-refractivity contribution in [1.29, 1.82) is 0 Å². The van der Waals surface area contributed by atoms with Crippen LogP contribution in [0.2, 0.25) is 0 Å². The highest BCUT2D eigenvalue weighted by Gasteiger charge is 2.17. The van der Waals surface area contributed by atoms with Crippen LogP contribution in [0.25, 0.3) is 16.9 Å². The number of hydrogen-bond donors (Lipinski definition) is 1. The lowest BCUT2D eigenvalue weighted by molar-refractivity contribution is 0.611. The van der Waals surface area contributed by atoms with Gasteiger partial charge in [0.05, 0.1) is 17.1 Å². The second kappa shape index (κ2) is 4.42. The molecule has 0 fully saturated rings. The number of imidazole rings is 1. The third-order valence-corrected chi connectivity index (χ3v) is 3.91. The van der Waals surface area contributed by atoms with Crippen molar-refractivity contribution in [2.45, 2.75) is 19.9 Å². The SMILES string of the molecule is Cc1ccccc1-c1ccc2nc3c(n2n1)CNCC3. The van der Waals surface area contributed by atoms with Crippen molar-refractivity contribution in [2.24, 2.45) is 0 Å². The molecule has 1 aliphatic heterocycles. The summed E-state index contributed by atoms with van der Waals surface area (Å²) in [5.74, 6) is 0. The molecule has 1 aliphatic rings. The molecular formula is C16H16N4. The largest absolute Gasteiger partial charge is 0.311 e. The van der Waals surface area contributed by atoms with Gasteiger partial charge in [0, 0.05) is 25.1 Å². The van der Waals surface area contributed by atoms with E-state index < -0.39 is 0 Å². The zero-order chi connectivity index (χ0) is 13.5. The zero-order valence-corrected chi connectivity index (χ0v) is 11.4. The standard InChI is InChI=1S/C16H16N4/c1-11-4-2-3-5-12(11)13-6-7-16-18-14-8-9-17-10-15(14)20(16)19-13/h2-7,17H,8-10H2,1H3. The highest BCUT2D eigenvalue weighted by molar-refractivity contribution is 5.64. The lowest BCUT2D eigenvalue weighted by Gasteiger charge is -2.12. The van der Waals surface area contributed by atoms with Crippen molar-refractivity contribution >= 4 is 5.65 Å². The molecule has 3 heterocycles.